The van der Waals surface area contributed by atoms with Crippen LogP contribution < -0.4 is 10.4 Å². The second-order valence-corrected chi connectivity index (χ2v) is 7.32. The van der Waals surface area contributed by atoms with Crippen LogP contribution in [0.3, 0.4) is 0 Å². The van der Waals surface area contributed by atoms with Crippen LogP contribution in [0.4, 0.5) is 4.39 Å². The number of ketones is 1. The lowest BCUT2D eigenvalue weighted by Crippen LogP contribution is -2.37. The van der Waals surface area contributed by atoms with E-state index in [9.17, 15) is 9.18 Å². The predicted molar refractivity (Wildman–Crippen MR) is 106 cm³/mol. The normalized spacial score (nSPS) is 17.0. The number of hydrogen-bond donors (Lipinski definition) is 0. The monoisotopic (exact) mass is 354 g/mol. The van der Waals surface area contributed by atoms with Crippen molar-refractivity contribution >= 4 is 17.9 Å². The third-order valence-electron chi connectivity index (χ3n) is 5.78. The predicted octanol–water partition coefficient (Wildman–Crippen LogP) is 4.06. The van der Waals surface area contributed by atoms with Crippen LogP contribution >= 0.6 is 0 Å². The van der Waals surface area contributed by atoms with Gasteiger partial charge in [-0.05, 0) is 64.1 Å². The molecule has 0 aliphatic heterocycles. The maximum absolute atomic E-state index is 14.1. The summed E-state index contributed by atoms with van der Waals surface area (Å²) >= 11 is 0. The van der Waals surface area contributed by atoms with E-state index in [1.54, 1.807) is 18.2 Å². The molecule has 0 bridgehead atoms. The Morgan fingerprint density at radius 1 is 0.852 bits per heavy atom. The van der Waals surface area contributed by atoms with Crippen molar-refractivity contribution in [3.63, 3.8) is 0 Å². The molecule has 5 rings (SSSR count). The fourth-order valence-electron chi connectivity index (χ4n) is 4.39. The maximum atomic E-state index is 14.1. The highest BCUT2D eigenvalue weighted by Crippen LogP contribution is 2.26. The van der Waals surface area contributed by atoms with Gasteiger partial charge in [0.25, 0.3) is 0 Å². The Hall–Kier alpha value is -3.00. The van der Waals surface area contributed by atoms with E-state index in [4.69, 9.17) is 0 Å². The van der Waals surface area contributed by atoms with Crippen LogP contribution in [0.5, 0.6) is 0 Å². The third-order valence-corrected chi connectivity index (χ3v) is 5.78. The number of fused-ring (bicyclic) bond motifs is 5. The highest BCUT2D eigenvalue weighted by molar-refractivity contribution is 6.01. The average molecular weight is 354 g/mol. The van der Waals surface area contributed by atoms with Crippen molar-refractivity contribution in [2.24, 2.45) is 5.92 Å². The highest BCUT2D eigenvalue weighted by Gasteiger charge is 2.24. The lowest BCUT2D eigenvalue weighted by atomic mass is 9.82. The van der Waals surface area contributed by atoms with Crippen molar-refractivity contribution in [2.75, 3.05) is 0 Å². The number of aryl methyl sites for hydroxylation is 1. The van der Waals surface area contributed by atoms with Crippen LogP contribution in [0, 0.1) is 11.7 Å². The summed E-state index contributed by atoms with van der Waals surface area (Å²) in [7, 11) is 0. The molecule has 0 fully saturated rings. The smallest absolute Gasteiger partial charge is 0.172 e. The van der Waals surface area contributed by atoms with Gasteiger partial charge in [0, 0.05) is 5.92 Å². The Labute approximate surface area is 157 Å². The minimum Gasteiger partial charge on any atom is -0.293 e. The van der Waals surface area contributed by atoms with Crippen LogP contribution in [-0.2, 0) is 12.8 Å². The number of hydrogen-bond acceptors (Lipinski definition) is 1. The van der Waals surface area contributed by atoms with Gasteiger partial charge < -0.3 is 0 Å². The zero-order valence-electron chi connectivity index (χ0n) is 14.9. The second-order valence-electron chi connectivity index (χ2n) is 7.32. The summed E-state index contributed by atoms with van der Waals surface area (Å²) in [6.45, 7) is 0. The van der Waals surface area contributed by atoms with E-state index in [1.807, 2.05) is 0 Å². The molecule has 0 N–H and O–H groups in total. The molecule has 0 saturated carbocycles. The van der Waals surface area contributed by atoms with Gasteiger partial charge >= 0.3 is 0 Å². The molecule has 0 saturated heterocycles. The summed E-state index contributed by atoms with van der Waals surface area (Å²) in [5.41, 5.74) is 5.31. The molecule has 2 aliphatic rings. The molecule has 0 radical (unpaired) electrons. The zero-order chi connectivity index (χ0) is 18.4. The van der Waals surface area contributed by atoms with Crippen LogP contribution in [-0.4, -0.2) is 5.78 Å². The molecule has 0 spiro atoms. The molecular formula is C25H19FO. The van der Waals surface area contributed by atoms with Gasteiger partial charge in [-0.3, -0.25) is 4.79 Å². The Balaban J connectivity index is 1.65. The number of Topliss-reactive ketones (excluding diaryl/α,β-unsaturated/α-hetero) is 1. The van der Waals surface area contributed by atoms with E-state index in [2.05, 4.69) is 48.6 Å². The van der Waals surface area contributed by atoms with Crippen LogP contribution in [0.2, 0.25) is 0 Å². The minimum atomic E-state index is -0.433. The lowest BCUT2D eigenvalue weighted by molar-refractivity contribution is 0.0942. The fraction of sp³-hybridized carbons (Fsp3) is 0.160. The van der Waals surface area contributed by atoms with E-state index in [-0.39, 0.29) is 17.3 Å². The second kappa shape index (κ2) is 6.31. The van der Waals surface area contributed by atoms with Gasteiger partial charge in [-0.1, -0.05) is 60.7 Å². The Morgan fingerprint density at radius 2 is 1.67 bits per heavy atom. The van der Waals surface area contributed by atoms with E-state index in [0.29, 0.717) is 0 Å². The third kappa shape index (κ3) is 2.64. The molecule has 1 atom stereocenters. The van der Waals surface area contributed by atoms with Gasteiger partial charge in [0.15, 0.2) is 5.78 Å². The molecule has 2 aliphatic carbocycles. The van der Waals surface area contributed by atoms with Gasteiger partial charge in [-0.2, -0.15) is 0 Å². The van der Waals surface area contributed by atoms with E-state index in [0.717, 1.165) is 24.5 Å². The molecule has 0 amide bonds. The summed E-state index contributed by atoms with van der Waals surface area (Å²) in [5, 5.41) is 2.38. The van der Waals surface area contributed by atoms with Crippen LogP contribution in [0.25, 0.3) is 23.3 Å². The summed E-state index contributed by atoms with van der Waals surface area (Å²) < 4.78 is 14.1. The Bertz CT molecular complexity index is 1190. The summed E-state index contributed by atoms with van der Waals surface area (Å²) in [5.74, 6) is -0.823. The summed E-state index contributed by atoms with van der Waals surface area (Å²) in [6.07, 6.45) is 6.81. The molecule has 132 valence electrons. The quantitative estimate of drug-likeness (QED) is 0.635. The van der Waals surface area contributed by atoms with Crippen molar-refractivity contribution in [3.05, 3.63) is 93.6 Å². The van der Waals surface area contributed by atoms with Gasteiger partial charge in [-0.25, -0.2) is 4.39 Å². The van der Waals surface area contributed by atoms with Crippen molar-refractivity contribution in [1.29, 1.82) is 0 Å². The molecule has 1 nitrogen and oxygen atoms in total. The first-order chi connectivity index (χ1) is 13.2. The molecular weight excluding hydrogens is 335 g/mol. The molecule has 0 heterocycles. The number of halogens is 1. The fourth-order valence-corrected chi connectivity index (χ4v) is 4.39. The molecule has 27 heavy (non-hydrogen) atoms. The molecule has 0 aromatic heterocycles. The van der Waals surface area contributed by atoms with Gasteiger partial charge in [0.1, 0.15) is 5.82 Å². The van der Waals surface area contributed by atoms with Crippen molar-refractivity contribution < 1.29 is 9.18 Å². The van der Waals surface area contributed by atoms with Gasteiger partial charge in [0.2, 0.25) is 0 Å². The van der Waals surface area contributed by atoms with Gasteiger partial charge in [-0.15, -0.1) is 0 Å². The maximum Gasteiger partial charge on any atom is 0.172 e. The van der Waals surface area contributed by atoms with E-state index in [1.165, 1.54) is 33.5 Å². The number of carbonyl (C=O) groups excluding carboxylic acids is 1. The first kappa shape index (κ1) is 16.2. The summed E-state index contributed by atoms with van der Waals surface area (Å²) in [4.78, 5) is 12.9. The topological polar surface area (TPSA) is 17.1 Å². The first-order valence-electron chi connectivity index (χ1n) is 9.43. The Kier molecular flexibility index (Phi) is 3.78. The average Bonchev–Trinajstić information content (AvgIpc) is 2.72. The van der Waals surface area contributed by atoms with Crippen LogP contribution in [0.15, 0.2) is 60.7 Å². The molecule has 1 unspecified atom stereocenters. The van der Waals surface area contributed by atoms with Crippen LogP contribution in [0.1, 0.15) is 27.9 Å². The van der Waals surface area contributed by atoms with Crippen molar-refractivity contribution in [2.45, 2.75) is 19.3 Å². The SMILES string of the molecule is O=C(c1ccccc1F)C1C=c2c(ccc3c2=CCc2ccccc2-3)CC1. The number of carbonyl (C=O) groups is 1. The zero-order valence-corrected chi connectivity index (χ0v) is 14.9. The largest absolute Gasteiger partial charge is 0.293 e. The molecule has 3 aromatic rings. The minimum absolute atomic E-state index is 0.118. The van der Waals surface area contributed by atoms with E-state index < -0.39 is 5.82 Å². The van der Waals surface area contributed by atoms with Crippen molar-refractivity contribution in [3.8, 4) is 11.1 Å². The van der Waals surface area contributed by atoms with Crippen molar-refractivity contribution in [1.82, 2.24) is 0 Å². The molecule has 2 heteroatoms. The number of benzene rings is 3. The first-order valence-corrected chi connectivity index (χ1v) is 9.43. The van der Waals surface area contributed by atoms with Gasteiger partial charge in [0.05, 0.1) is 5.56 Å². The Morgan fingerprint density at radius 3 is 2.56 bits per heavy atom. The van der Waals surface area contributed by atoms with E-state index >= 15 is 0 Å². The highest BCUT2D eigenvalue weighted by atomic mass is 19.1. The number of rotatable bonds is 2. The molecule has 3 aromatic carbocycles. The lowest BCUT2D eigenvalue weighted by Gasteiger charge is -2.21. The standard InChI is InChI=1S/C25H19FO/c26-24-8-4-3-7-22(24)25(27)18-10-9-17-12-13-20-19-6-2-1-5-16(19)11-14-21(20)23(17)15-18/h1-8,12-15,18H,9-11H2. The summed E-state index contributed by atoms with van der Waals surface area (Å²) in [6, 6.07) is 19.2.